The van der Waals surface area contributed by atoms with Crippen molar-refractivity contribution < 1.29 is 26.8 Å². The zero-order valence-corrected chi connectivity index (χ0v) is 22.6. The minimum Gasteiger partial charge on any atom is -0.355 e. The molecule has 2 aromatic carbocycles. The summed E-state index contributed by atoms with van der Waals surface area (Å²) >= 11 is 0. The van der Waals surface area contributed by atoms with Gasteiger partial charge < -0.3 is 10.6 Å². The first-order valence-corrected chi connectivity index (χ1v) is 14.2. The van der Waals surface area contributed by atoms with Crippen LogP contribution in [-0.2, 0) is 32.1 Å². The van der Waals surface area contributed by atoms with Gasteiger partial charge in [0.15, 0.2) is 0 Å². The van der Waals surface area contributed by atoms with Crippen molar-refractivity contribution in [1.29, 1.82) is 0 Å². The Bertz CT molecular complexity index is 1260. The van der Waals surface area contributed by atoms with E-state index in [4.69, 9.17) is 0 Å². The number of rotatable bonds is 8. The number of benzene rings is 2. The zero-order chi connectivity index (χ0) is 27.7. The Morgan fingerprint density at radius 3 is 2.32 bits per heavy atom. The molecular weight excluding hydrogens is 514 g/mol. The molecule has 2 atom stereocenters. The van der Waals surface area contributed by atoms with Gasteiger partial charge in [0.1, 0.15) is 6.04 Å². The molecule has 4 rings (SSSR count). The molecule has 0 bridgehead atoms. The summed E-state index contributed by atoms with van der Waals surface area (Å²) in [6, 6.07) is 10.8. The Morgan fingerprint density at radius 1 is 1.11 bits per heavy atom. The summed E-state index contributed by atoms with van der Waals surface area (Å²) in [5.74, 6) is -3.36. The number of nitrogens with zero attached hydrogens (tertiary/aromatic N) is 2. The van der Waals surface area contributed by atoms with Gasteiger partial charge in [-0.25, -0.2) is 17.2 Å². The molecule has 2 amide bonds. The molecule has 2 saturated heterocycles. The van der Waals surface area contributed by atoms with E-state index >= 15 is 0 Å². The highest BCUT2D eigenvalue weighted by atomic mass is 32.2. The van der Waals surface area contributed by atoms with Crippen molar-refractivity contribution in [2.75, 3.05) is 26.2 Å². The number of carbonyl (C=O) groups excluding carboxylic acids is 2. The van der Waals surface area contributed by atoms with Crippen LogP contribution < -0.4 is 10.6 Å². The van der Waals surface area contributed by atoms with E-state index in [1.165, 1.54) is 5.56 Å². The number of alkyl halides is 2. The predicted octanol–water partition coefficient (Wildman–Crippen LogP) is 2.80. The molecule has 8 nitrogen and oxygen atoms in total. The van der Waals surface area contributed by atoms with E-state index in [1.807, 2.05) is 29.2 Å². The van der Waals surface area contributed by atoms with Crippen LogP contribution in [-0.4, -0.2) is 67.7 Å². The van der Waals surface area contributed by atoms with E-state index in [0.717, 1.165) is 41.1 Å². The van der Waals surface area contributed by atoms with E-state index in [-0.39, 0.29) is 42.5 Å². The van der Waals surface area contributed by atoms with Crippen LogP contribution in [0.5, 0.6) is 0 Å². The first-order valence-electron chi connectivity index (χ1n) is 12.8. The fourth-order valence-corrected chi connectivity index (χ4v) is 6.45. The fraction of sp³-hybridized carbons (Fsp3) is 0.481. The van der Waals surface area contributed by atoms with E-state index in [1.54, 1.807) is 0 Å². The van der Waals surface area contributed by atoms with Crippen molar-refractivity contribution in [2.45, 2.75) is 62.6 Å². The number of carbonyl (C=O) groups is 2. The third-order valence-corrected chi connectivity index (χ3v) is 9.13. The quantitative estimate of drug-likeness (QED) is 0.529. The largest absolute Gasteiger partial charge is 0.355 e. The Kier molecular flexibility index (Phi) is 8.20. The van der Waals surface area contributed by atoms with Gasteiger partial charge in [-0.05, 0) is 35.6 Å². The summed E-state index contributed by atoms with van der Waals surface area (Å²) in [5.41, 5.74) is 1.74. The van der Waals surface area contributed by atoms with Gasteiger partial charge in [0.2, 0.25) is 21.8 Å². The van der Waals surface area contributed by atoms with E-state index in [9.17, 15) is 26.8 Å². The summed E-state index contributed by atoms with van der Waals surface area (Å²) in [6.07, 6.45) is 0.578. The van der Waals surface area contributed by atoms with Crippen molar-refractivity contribution in [2.24, 2.45) is 0 Å². The maximum absolute atomic E-state index is 13.7. The second kappa shape index (κ2) is 11.1. The number of hydrogen-bond donors (Lipinski definition) is 2. The highest BCUT2D eigenvalue weighted by Crippen LogP contribution is 2.29. The van der Waals surface area contributed by atoms with Gasteiger partial charge in [-0.2, -0.15) is 4.31 Å². The molecule has 0 radical (unpaired) electrons. The molecule has 2 heterocycles. The topological polar surface area (TPSA) is 98.8 Å². The Hall–Kier alpha value is -2.89. The number of amides is 2. The predicted molar refractivity (Wildman–Crippen MR) is 139 cm³/mol. The average Bonchev–Trinajstić information content (AvgIpc) is 3.32. The molecule has 0 aliphatic carbocycles. The second-order valence-electron chi connectivity index (χ2n) is 10.2. The molecule has 0 spiro atoms. The SMILES string of the molecule is CC(C)c1ccc(CNC(=O)[C@H]2CN(C3CCNC3=O)CCN2S(=O)(=O)c2ccc(C(C)(F)F)cc2)cc1. The molecule has 2 fully saturated rings. The number of piperazine rings is 1. The maximum atomic E-state index is 13.7. The van der Waals surface area contributed by atoms with Crippen LogP contribution in [0.3, 0.4) is 0 Å². The maximum Gasteiger partial charge on any atom is 0.270 e. The zero-order valence-electron chi connectivity index (χ0n) is 21.8. The van der Waals surface area contributed by atoms with E-state index < -0.39 is 33.9 Å². The lowest BCUT2D eigenvalue weighted by Crippen LogP contribution is -2.62. The van der Waals surface area contributed by atoms with Crippen molar-refractivity contribution in [3.8, 4) is 0 Å². The molecule has 2 aliphatic heterocycles. The standard InChI is InChI=1S/C27H34F2N4O4S/c1-18(2)20-6-4-19(5-7-20)16-31-26(35)24-17-32(23-12-13-30-25(23)34)14-15-33(24)38(36,37)22-10-8-21(9-11-22)27(3,28)29/h4-11,18,23-24H,12-17H2,1-3H3,(H,30,34)(H,31,35)/t23?,24-/m1/s1. The first-order chi connectivity index (χ1) is 17.9. The Balaban J connectivity index is 1.56. The van der Waals surface area contributed by atoms with Gasteiger partial charge >= 0.3 is 0 Å². The summed E-state index contributed by atoms with van der Waals surface area (Å²) in [7, 11) is -4.18. The van der Waals surface area contributed by atoms with Gasteiger partial charge in [-0.1, -0.05) is 50.2 Å². The van der Waals surface area contributed by atoms with Crippen LogP contribution in [0.2, 0.25) is 0 Å². The summed E-state index contributed by atoms with van der Waals surface area (Å²) in [6.45, 7) is 5.96. The smallest absolute Gasteiger partial charge is 0.270 e. The third kappa shape index (κ3) is 6.05. The Labute approximate surface area is 222 Å². The lowest BCUT2D eigenvalue weighted by Gasteiger charge is -2.41. The van der Waals surface area contributed by atoms with Gasteiger partial charge in [-0.3, -0.25) is 14.5 Å². The molecular formula is C27H34F2N4O4S. The lowest BCUT2D eigenvalue weighted by atomic mass is 10.0. The summed E-state index contributed by atoms with van der Waals surface area (Å²) < 4.78 is 55.6. The van der Waals surface area contributed by atoms with Gasteiger partial charge in [0, 0.05) is 45.2 Å². The Morgan fingerprint density at radius 2 is 1.76 bits per heavy atom. The molecule has 11 heteroatoms. The van der Waals surface area contributed by atoms with Crippen LogP contribution >= 0.6 is 0 Å². The molecule has 2 aliphatic rings. The summed E-state index contributed by atoms with van der Waals surface area (Å²) in [4.78, 5) is 27.4. The molecule has 38 heavy (non-hydrogen) atoms. The van der Waals surface area contributed by atoms with Crippen molar-refractivity contribution >= 4 is 21.8 Å². The monoisotopic (exact) mass is 548 g/mol. The average molecular weight is 549 g/mol. The number of sulfonamides is 1. The van der Waals surface area contributed by atoms with Crippen molar-refractivity contribution in [3.05, 3.63) is 65.2 Å². The van der Waals surface area contributed by atoms with Gasteiger partial charge in [0.05, 0.1) is 10.9 Å². The highest BCUT2D eigenvalue weighted by molar-refractivity contribution is 7.89. The number of nitrogens with one attached hydrogen (secondary N) is 2. The third-order valence-electron chi connectivity index (χ3n) is 7.21. The molecule has 2 N–H and O–H groups in total. The first kappa shape index (κ1) is 28.1. The lowest BCUT2D eigenvalue weighted by molar-refractivity contribution is -0.130. The van der Waals surface area contributed by atoms with Gasteiger partial charge in [0.25, 0.3) is 5.92 Å². The highest BCUT2D eigenvalue weighted by Gasteiger charge is 2.43. The summed E-state index contributed by atoms with van der Waals surface area (Å²) in [5, 5.41) is 5.63. The molecule has 2 aromatic rings. The molecule has 0 aromatic heterocycles. The minimum atomic E-state index is -4.18. The van der Waals surface area contributed by atoms with Gasteiger partial charge in [-0.15, -0.1) is 0 Å². The second-order valence-corrected chi connectivity index (χ2v) is 12.1. The van der Waals surface area contributed by atoms with Crippen molar-refractivity contribution in [1.82, 2.24) is 19.8 Å². The van der Waals surface area contributed by atoms with Crippen LogP contribution in [0.15, 0.2) is 53.4 Å². The van der Waals surface area contributed by atoms with Crippen LogP contribution in [0.4, 0.5) is 8.78 Å². The van der Waals surface area contributed by atoms with Crippen molar-refractivity contribution in [3.63, 3.8) is 0 Å². The molecule has 1 unspecified atom stereocenters. The van der Waals surface area contributed by atoms with E-state index in [2.05, 4.69) is 24.5 Å². The van der Waals surface area contributed by atoms with Crippen LogP contribution in [0.25, 0.3) is 0 Å². The molecule has 206 valence electrons. The number of hydrogen-bond acceptors (Lipinski definition) is 5. The molecule has 0 saturated carbocycles. The number of halogens is 2. The minimum absolute atomic E-state index is 0.0149. The van der Waals surface area contributed by atoms with E-state index in [0.29, 0.717) is 18.9 Å². The van der Waals surface area contributed by atoms with Crippen LogP contribution in [0.1, 0.15) is 49.8 Å². The normalized spacial score (nSPS) is 21.5. The fourth-order valence-electron chi connectivity index (χ4n) is 4.88. The van der Waals surface area contributed by atoms with Crippen LogP contribution in [0, 0.1) is 0 Å².